The monoisotopic (exact) mass is 450 g/mol. The molecule has 0 fully saturated rings. The van der Waals surface area contributed by atoms with Gasteiger partial charge in [-0.25, -0.2) is 4.98 Å². The lowest BCUT2D eigenvalue weighted by molar-refractivity contribution is -0.384. The molecule has 2 aromatic carbocycles. The number of aromatic nitrogens is 1. The van der Waals surface area contributed by atoms with Gasteiger partial charge in [0.25, 0.3) is 0 Å². The third kappa shape index (κ3) is 5.35. The van der Waals surface area contributed by atoms with Crippen LogP contribution in [-0.2, 0) is 6.61 Å². The van der Waals surface area contributed by atoms with E-state index in [1.165, 1.54) is 24.5 Å². The van der Waals surface area contributed by atoms with E-state index in [2.05, 4.69) is 15.5 Å². The minimum atomic E-state index is -0.552. The van der Waals surface area contributed by atoms with Crippen LogP contribution in [0.4, 0.5) is 11.5 Å². The van der Waals surface area contributed by atoms with Crippen molar-refractivity contribution >= 4 is 52.5 Å². The van der Waals surface area contributed by atoms with Gasteiger partial charge in [-0.1, -0.05) is 53.0 Å². The standard InChI is InChI=1S/C19H13Cl3N4O3/c20-14-5-2-1-4-13(14)11-29-18-15(21)8-12(9-16(18)22)10-24-25-19-17(26(27)28)6-3-7-23-19/h1-10H,11H2,(H,23,25)/b24-10-. The molecule has 0 radical (unpaired) electrons. The first-order chi connectivity index (χ1) is 14.0. The van der Waals surface area contributed by atoms with Gasteiger partial charge in [0.15, 0.2) is 5.75 Å². The molecular weight excluding hydrogens is 439 g/mol. The number of rotatable bonds is 7. The Balaban J connectivity index is 1.71. The van der Waals surface area contributed by atoms with Gasteiger partial charge in [0.05, 0.1) is 21.2 Å². The van der Waals surface area contributed by atoms with Gasteiger partial charge in [0.1, 0.15) is 6.61 Å². The summed E-state index contributed by atoms with van der Waals surface area (Å²) in [4.78, 5) is 14.3. The molecule has 0 aliphatic carbocycles. The van der Waals surface area contributed by atoms with Crippen molar-refractivity contribution in [2.75, 3.05) is 5.43 Å². The number of hydrogen-bond acceptors (Lipinski definition) is 6. The van der Waals surface area contributed by atoms with Gasteiger partial charge in [0.2, 0.25) is 5.82 Å². The third-order valence-corrected chi connectivity index (χ3v) is 4.65. The molecule has 3 rings (SSSR count). The molecule has 0 saturated carbocycles. The second kappa shape index (κ2) is 9.56. The largest absolute Gasteiger partial charge is 0.486 e. The molecule has 10 heteroatoms. The van der Waals surface area contributed by atoms with Crippen LogP contribution in [0.5, 0.6) is 5.75 Å². The van der Waals surface area contributed by atoms with E-state index in [4.69, 9.17) is 39.5 Å². The van der Waals surface area contributed by atoms with Crippen molar-refractivity contribution in [3.8, 4) is 5.75 Å². The average Bonchev–Trinajstić information content (AvgIpc) is 2.69. The van der Waals surface area contributed by atoms with E-state index >= 15 is 0 Å². The van der Waals surface area contributed by atoms with Crippen LogP contribution in [0.3, 0.4) is 0 Å². The third-order valence-electron chi connectivity index (χ3n) is 3.72. The Labute approximate surface area is 181 Å². The lowest BCUT2D eigenvalue weighted by Gasteiger charge is -2.11. The van der Waals surface area contributed by atoms with Crippen LogP contribution in [0.1, 0.15) is 11.1 Å². The Morgan fingerprint density at radius 3 is 2.52 bits per heavy atom. The van der Waals surface area contributed by atoms with Crippen LogP contribution in [0, 0.1) is 10.1 Å². The fraction of sp³-hybridized carbons (Fsp3) is 0.0526. The summed E-state index contributed by atoms with van der Waals surface area (Å²) < 4.78 is 5.71. The van der Waals surface area contributed by atoms with E-state index in [0.717, 1.165) is 5.56 Å². The van der Waals surface area contributed by atoms with Crippen LogP contribution >= 0.6 is 34.8 Å². The number of halogens is 3. The molecular formula is C19H13Cl3N4O3. The highest BCUT2D eigenvalue weighted by Gasteiger charge is 2.13. The van der Waals surface area contributed by atoms with E-state index < -0.39 is 4.92 Å². The lowest BCUT2D eigenvalue weighted by atomic mass is 10.2. The number of anilines is 1. The zero-order chi connectivity index (χ0) is 20.8. The van der Waals surface area contributed by atoms with E-state index in [9.17, 15) is 10.1 Å². The normalized spacial score (nSPS) is 10.9. The number of nitrogens with one attached hydrogen (secondary N) is 1. The van der Waals surface area contributed by atoms with Crippen LogP contribution in [0.2, 0.25) is 15.1 Å². The van der Waals surface area contributed by atoms with Gasteiger partial charge in [0, 0.05) is 22.8 Å². The number of hydrogen-bond donors (Lipinski definition) is 1. The molecule has 1 heterocycles. The quantitative estimate of drug-likeness (QED) is 0.271. The van der Waals surface area contributed by atoms with E-state index in [0.29, 0.717) is 16.3 Å². The van der Waals surface area contributed by atoms with Crippen LogP contribution in [0.25, 0.3) is 0 Å². The first-order valence-corrected chi connectivity index (χ1v) is 9.33. The van der Waals surface area contributed by atoms with Crippen molar-refractivity contribution in [1.82, 2.24) is 4.98 Å². The minimum absolute atomic E-state index is 0.0191. The second-order valence-electron chi connectivity index (χ2n) is 5.69. The smallest absolute Gasteiger partial charge is 0.313 e. The lowest BCUT2D eigenvalue weighted by Crippen LogP contribution is -2.00. The van der Waals surface area contributed by atoms with E-state index in [1.807, 2.05) is 18.2 Å². The second-order valence-corrected chi connectivity index (χ2v) is 6.91. The number of ether oxygens (including phenoxy) is 1. The molecule has 1 N–H and O–H groups in total. The molecule has 0 aliphatic rings. The molecule has 148 valence electrons. The Morgan fingerprint density at radius 2 is 1.83 bits per heavy atom. The molecule has 0 saturated heterocycles. The first kappa shape index (κ1) is 20.9. The molecule has 0 unspecified atom stereocenters. The van der Waals surface area contributed by atoms with Crippen molar-refractivity contribution in [1.29, 1.82) is 0 Å². The number of benzene rings is 2. The summed E-state index contributed by atoms with van der Waals surface area (Å²) >= 11 is 18.7. The Morgan fingerprint density at radius 1 is 1.10 bits per heavy atom. The maximum atomic E-state index is 11.0. The highest BCUT2D eigenvalue weighted by Crippen LogP contribution is 2.35. The number of nitrogens with zero attached hydrogens (tertiary/aromatic N) is 3. The molecule has 1 aromatic heterocycles. The van der Waals surface area contributed by atoms with Gasteiger partial charge >= 0.3 is 5.69 Å². The molecule has 29 heavy (non-hydrogen) atoms. The fourth-order valence-corrected chi connectivity index (χ4v) is 3.16. The molecule has 0 spiro atoms. The molecule has 0 bridgehead atoms. The van der Waals surface area contributed by atoms with Crippen LogP contribution < -0.4 is 10.2 Å². The van der Waals surface area contributed by atoms with Gasteiger partial charge in [-0.3, -0.25) is 15.5 Å². The van der Waals surface area contributed by atoms with Crippen molar-refractivity contribution in [2.24, 2.45) is 5.10 Å². The average molecular weight is 452 g/mol. The predicted octanol–water partition coefficient (Wildman–Crippen LogP) is 5.98. The highest BCUT2D eigenvalue weighted by atomic mass is 35.5. The summed E-state index contributed by atoms with van der Waals surface area (Å²) in [6, 6.07) is 13.3. The molecule has 7 nitrogen and oxygen atoms in total. The molecule has 0 amide bonds. The fourth-order valence-electron chi connectivity index (χ4n) is 2.36. The number of pyridine rings is 1. The Hall–Kier alpha value is -2.87. The van der Waals surface area contributed by atoms with Crippen molar-refractivity contribution in [2.45, 2.75) is 6.61 Å². The van der Waals surface area contributed by atoms with Crippen molar-refractivity contribution < 1.29 is 9.66 Å². The van der Waals surface area contributed by atoms with Gasteiger partial charge in [-0.2, -0.15) is 5.10 Å². The minimum Gasteiger partial charge on any atom is -0.486 e. The SMILES string of the molecule is O=[N+]([O-])c1cccnc1N/N=C\c1cc(Cl)c(OCc2ccccc2Cl)c(Cl)c1. The summed E-state index contributed by atoms with van der Waals surface area (Å²) in [5, 5.41) is 16.1. The zero-order valence-electron chi connectivity index (χ0n) is 14.7. The Bertz CT molecular complexity index is 1050. The predicted molar refractivity (Wildman–Crippen MR) is 114 cm³/mol. The zero-order valence-corrected chi connectivity index (χ0v) is 16.9. The van der Waals surface area contributed by atoms with Crippen molar-refractivity contribution in [3.05, 3.63) is 91.0 Å². The van der Waals surface area contributed by atoms with Gasteiger partial charge in [-0.15, -0.1) is 0 Å². The van der Waals surface area contributed by atoms with E-state index in [-0.39, 0.29) is 28.2 Å². The molecule has 0 atom stereocenters. The van der Waals surface area contributed by atoms with Crippen LogP contribution in [0.15, 0.2) is 59.8 Å². The van der Waals surface area contributed by atoms with Gasteiger partial charge < -0.3 is 4.74 Å². The van der Waals surface area contributed by atoms with Gasteiger partial charge in [-0.05, 0) is 29.8 Å². The highest BCUT2D eigenvalue weighted by molar-refractivity contribution is 6.37. The number of hydrazone groups is 1. The molecule has 0 aliphatic heterocycles. The first-order valence-electron chi connectivity index (χ1n) is 8.19. The number of nitro groups is 1. The summed E-state index contributed by atoms with van der Waals surface area (Å²) in [6.07, 6.45) is 2.83. The van der Waals surface area contributed by atoms with E-state index in [1.54, 1.807) is 18.2 Å². The topological polar surface area (TPSA) is 89.7 Å². The maximum Gasteiger partial charge on any atom is 0.313 e. The summed E-state index contributed by atoms with van der Waals surface area (Å²) in [7, 11) is 0. The van der Waals surface area contributed by atoms with Crippen molar-refractivity contribution in [3.63, 3.8) is 0 Å². The maximum absolute atomic E-state index is 11.0. The summed E-state index contributed by atoms with van der Waals surface area (Å²) in [6.45, 7) is 0.206. The Kier molecular flexibility index (Phi) is 6.87. The van der Waals surface area contributed by atoms with Crippen LogP contribution in [-0.4, -0.2) is 16.1 Å². The summed E-state index contributed by atoms with van der Waals surface area (Å²) in [5.74, 6) is 0.337. The molecule has 3 aromatic rings. The summed E-state index contributed by atoms with van der Waals surface area (Å²) in [5.41, 5.74) is 3.71.